The molecular weight excluding hydrogens is 371 g/mol. The lowest BCUT2D eigenvalue weighted by atomic mass is 9.94. The summed E-state index contributed by atoms with van der Waals surface area (Å²) in [5.41, 5.74) is 0.0895. The fourth-order valence-corrected chi connectivity index (χ4v) is 4.22. The molecule has 0 aliphatic carbocycles. The van der Waals surface area contributed by atoms with E-state index in [9.17, 15) is 18.0 Å². The van der Waals surface area contributed by atoms with Gasteiger partial charge in [0.1, 0.15) is 5.82 Å². The Morgan fingerprint density at radius 3 is 2.71 bits per heavy atom. The first kappa shape index (κ1) is 21.0. The van der Waals surface area contributed by atoms with Gasteiger partial charge in [-0.15, -0.1) is 0 Å². The van der Waals surface area contributed by atoms with Crippen LogP contribution in [-0.4, -0.2) is 71.4 Å². The molecule has 1 N–H and O–H groups in total. The van der Waals surface area contributed by atoms with Crippen LogP contribution in [-0.2, 0) is 0 Å². The molecule has 1 aromatic heterocycles. The summed E-state index contributed by atoms with van der Waals surface area (Å²) in [4.78, 5) is 16.8. The highest BCUT2D eigenvalue weighted by atomic mass is 19.4. The van der Waals surface area contributed by atoms with E-state index in [1.165, 1.54) is 6.07 Å². The lowest BCUT2D eigenvalue weighted by Gasteiger charge is -2.35. The fourth-order valence-electron chi connectivity index (χ4n) is 4.22. The average Bonchev–Trinajstić information content (AvgIpc) is 3.02. The van der Waals surface area contributed by atoms with Gasteiger partial charge in [0.25, 0.3) is 5.91 Å². The molecule has 0 aromatic carbocycles. The number of fused-ring (bicyclic) bond motifs is 1. The molecule has 6 nitrogen and oxygen atoms in total. The Labute approximate surface area is 164 Å². The van der Waals surface area contributed by atoms with E-state index in [1.54, 1.807) is 4.90 Å². The molecule has 0 radical (unpaired) electrons. The Morgan fingerprint density at radius 1 is 1.39 bits per heavy atom. The number of nitrogens with zero attached hydrogens (tertiary/aromatic N) is 4. The molecule has 0 unspecified atom stereocenters. The normalized spacial score (nSPS) is 25.8. The van der Waals surface area contributed by atoms with Crippen LogP contribution in [0.15, 0.2) is 6.07 Å². The molecule has 0 saturated carbocycles. The summed E-state index contributed by atoms with van der Waals surface area (Å²) >= 11 is 0. The van der Waals surface area contributed by atoms with Gasteiger partial charge in [0.2, 0.25) is 0 Å². The standard InChI is InChI=1S/C19H30F3N5O/c1-12(2)14-8-16(19(20,21)22)27-17(23-14)9-15(24-27)18(28)26-7-5-6-13(11-26)10-25(3)4/h9,12-14,16,23H,5-8,10-11H2,1-4H3/t13-,14+,16-/m1/s1. The molecule has 9 heteroatoms. The van der Waals surface area contributed by atoms with E-state index >= 15 is 0 Å². The van der Waals surface area contributed by atoms with Crippen LogP contribution in [0.1, 0.15) is 49.6 Å². The summed E-state index contributed by atoms with van der Waals surface area (Å²) in [5, 5.41) is 7.22. The number of aromatic nitrogens is 2. The van der Waals surface area contributed by atoms with Crippen LogP contribution in [0, 0.1) is 11.8 Å². The minimum Gasteiger partial charge on any atom is -0.367 e. The first-order valence-corrected chi connectivity index (χ1v) is 9.93. The molecule has 1 fully saturated rings. The van der Waals surface area contributed by atoms with Crippen molar-refractivity contribution in [1.82, 2.24) is 19.6 Å². The first-order valence-electron chi connectivity index (χ1n) is 9.93. The molecule has 2 aliphatic heterocycles. The van der Waals surface area contributed by atoms with Crippen molar-refractivity contribution in [2.24, 2.45) is 11.8 Å². The van der Waals surface area contributed by atoms with Gasteiger partial charge in [-0.2, -0.15) is 18.3 Å². The van der Waals surface area contributed by atoms with Gasteiger partial charge in [0, 0.05) is 31.7 Å². The Morgan fingerprint density at radius 2 is 2.11 bits per heavy atom. The SMILES string of the molecule is CC(C)[C@@H]1C[C@H](C(F)(F)F)n2nc(C(=O)N3CCC[C@H](CN(C)C)C3)cc2N1. The van der Waals surface area contributed by atoms with Crippen LogP contribution >= 0.6 is 0 Å². The maximum Gasteiger partial charge on any atom is 0.410 e. The van der Waals surface area contributed by atoms with Crippen LogP contribution in [0.2, 0.25) is 0 Å². The minimum atomic E-state index is -4.40. The molecule has 28 heavy (non-hydrogen) atoms. The minimum absolute atomic E-state index is 0.0431. The van der Waals surface area contributed by atoms with Gasteiger partial charge in [-0.3, -0.25) is 4.79 Å². The van der Waals surface area contributed by atoms with Gasteiger partial charge >= 0.3 is 6.18 Å². The van der Waals surface area contributed by atoms with E-state index < -0.39 is 12.2 Å². The molecule has 1 saturated heterocycles. The summed E-state index contributed by atoms with van der Waals surface area (Å²) in [6.45, 7) is 5.90. The Kier molecular flexibility index (Phi) is 5.93. The van der Waals surface area contributed by atoms with Crippen molar-refractivity contribution in [3.05, 3.63) is 11.8 Å². The predicted molar refractivity (Wildman–Crippen MR) is 101 cm³/mol. The van der Waals surface area contributed by atoms with Gasteiger partial charge in [0.05, 0.1) is 0 Å². The first-order chi connectivity index (χ1) is 13.1. The molecule has 158 valence electrons. The Balaban J connectivity index is 1.82. The van der Waals surface area contributed by atoms with Crippen LogP contribution in [0.25, 0.3) is 0 Å². The van der Waals surface area contributed by atoms with E-state index in [4.69, 9.17) is 0 Å². The number of rotatable bonds is 4. The molecule has 0 spiro atoms. The van der Waals surface area contributed by atoms with Crippen LogP contribution < -0.4 is 5.32 Å². The van der Waals surface area contributed by atoms with E-state index in [1.807, 2.05) is 27.9 Å². The zero-order valence-corrected chi connectivity index (χ0v) is 17.0. The summed E-state index contributed by atoms with van der Waals surface area (Å²) in [6, 6.07) is -0.538. The van der Waals surface area contributed by atoms with E-state index in [2.05, 4.69) is 15.3 Å². The molecule has 3 rings (SSSR count). The van der Waals surface area contributed by atoms with Gasteiger partial charge in [-0.25, -0.2) is 4.68 Å². The highest BCUT2D eigenvalue weighted by Crippen LogP contribution is 2.40. The summed E-state index contributed by atoms with van der Waals surface area (Å²) in [7, 11) is 4.00. The van der Waals surface area contributed by atoms with Crippen molar-refractivity contribution in [3.8, 4) is 0 Å². The maximum absolute atomic E-state index is 13.6. The largest absolute Gasteiger partial charge is 0.410 e. The number of anilines is 1. The highest BCUT2D eigenvalue weighted by Gasteiger charge is 2.47. The predicted octanol–water partition coefficient (Wildman–Crippen LogP) is 3.24. The molecular formula is C19H30F3N5O. The van der Waals surface area contributed by atoms with Crippen LogP contribution in [0.3, 0.4) is 0 Å². The summed E-state index contributed by atoms with van der Waals surface area (Å²) < 4.78 is 41.8. The smallest absolute Gasteiger partial charge is 0.367 e. The third-order valence-electron chi connectivity index (χ3n) is 5.67. The number of carbonyl (C=O) groups excluding carboxylic acids is 1. The highest BCUT2D eigenvalue weighted by molar-refractivity contribution is 5.93. The molecule has 3 atom stereocenters. The number of piperidine rings is 1. The van der Waals surface area contributed by atoms with E-state index in [-0.39, 0.29) is 35.8 Å². The van der Waals surface area contributed by atoms with Gasteiger partial charge < -0.3 is 15.1 Å². The molecule has 1 amide bonds. The number of nitrogens with one attached hydrogen (secondary N) is 1. The molecule has 2 aliphatic rings. The van der Waals surface area contributed by atoms with E-state index in [0.29, 0.717) is 19.0 Å². The number of alkyl halides is 3. The van der Waals surface area contributed by atoms with Gasteiger partial charge in [0.15, 0.2) is 11.7 Å². The van der Waals surface area contributed by atoms with Gasteiger partial charge in [-0.05, 0) is 45.2 Å². The van der Waals surface area contributed by atoms with Crippen molar-refractivity contribution in [2.75, 3.05) is 39.0 Å². The number of hydrogen-bond donors (Lipinski definition) is 1. The average molecular weight is 401 g/mol. The van der Waals surface area contributed by atoms with Crippen molar-refractivity contribution in [1.29, 1.82) is 0 Å². The number of amides is 1. The second-order valence-electron chi connectivity index (χ2n) is 8.67. The third kappa shape index (κ3) is 4.45. The van der Waals surface area contributed by atoms with Gasteiger partial charge in [-0.1, -0.05) is 13.8 Å². The molecule has 1 aromatic rings. The second-order valence-corrected chi connectivity index (χ2v) is 8.67. The zero-order chi connectivity index (χ0) is 20.6. The summed E-state index contributed by atoms with van der Waals surface area (Å²) in [5.74, 6) is 0.407. The van der Waals surface area contributed by atoms with Crippen molar-refractivity contribution in [3.63, 3.8) is 0 Å². The number of carbonyl (C=O) groups is 1. The van der Waals surface area contributed by atoms with E-state index in [0.717, 1.165) is 24.1 Å². The van der Waals surface area contributed by atoms with Crippen molar-refractivity contribution >= 4 is 11.7 Å². The molecule has 3 heterocycles. The number of hydrogen-bond acceptors (Lipinski definition) is 4. The van der Waals surface area contributed by atoms with Crippen LogP contribution in [0.5, 0.6) is 0 Å². The quantitative estimate of drug-likeness (QED) is 0.842. The number of halogens is 3. The summed E-state index contributed by atoms with van der Waals surface area (Å²) in [6.07, 6.45) is -2.54. The Bertz CT molecular complexity index is 700. The Hall–Kier alpha value is -1.77. The fraction of sp³-hybridized carbons (Fsp3) is 0.789. The van der Waals surface area contributed by atoms with Crippen molar-refractivity contribution in [2.45, 2.75) is 51.4 Å². The lowest BCUT2D eigenvalue weighted by Crippen LogP contribution is -2.43. The maximum atomic E-state index is 13.6. The van der Waals surface area contributed by atoms with Crippen molar-refractivity contribution < 1.29 is 18.0 Å². The lowest BCUT2D eigenvalue weighted by molar-refractivity contribution is -0.174. The zero-order valence-electron chi connectivity index (χ0n) is 17.0. The van der Waals surface area contributed by atoms with Crippen LogP contribution in [0.4, 0.5) is 19.0 Å². The monoisotopic (exact) mass is 401 g/mol. The molecule has 0 bridgehead atoms. The topological polar surface area (TPSA) is 53.4 Å². The third-order valence-corrected chi connectivity index (χ3v) is 5.67. The number of likely N-dealkylation sites (tertiary alicyclic amines) is 1. The second kappa shape index (κ2) is 7.93.